The highest BCUT2D eigenvalue weighted by atomic mass is 16.5. The van der Waals surface area contributed by atoms with Gasteiger partial charge in [-0.3, -0.25) is 9.59 Å². The largest absolute Gasteiger partial charge is 0.493 e. The zero-order valence-electron chi connectivity index (χ0n) is 17.5. The van der Waals surface area contributed by atoms with Crippen LogP contribution in [0.5, 0.6) is 11.5 Å². The van der Waals surface area contributed by atoms with Gasteiger partial charge in [-0.05, 0) is 42.7 Å². The van der Waals surface area contributed by atoms with Crippen molar-refractivity contribution >= 4 is 11.8 Å². The van der Waals surface area contributed by atoms with Crippen molar-refractivity contribution in [2.75, 3.05) is 20.8 Å². The Labute approximate surface area is 176 Å². The van der Waals surface area contributed by atoms with E-state index in [-0.39, 0.29) is 30.9 Å². The second-order valence-electron chi connectivity index (χ2n) is 7.88. The number of carbonyl (C=O) groups excluding carboxylic acids is 2. The van der Waals surface area contributed by atoms with Gasteiger partial charge in [-0.2, -0.15) is 0 Å². The predicted molar refractivity (Wildman–Crippen MR) is 110 cm³/mol. The molecule has 160 valence electrons. The fourth-order valence-electron chi connectivity index (χ4n) is 4.55. The van der Waals surface area contributed by atoms with Crippen molar-refractivity contribution in [3.63, 3.8) is 0 Å². The van der Waals surface area contributed by atoms with Gasteiger partial charge in [0, 0.05) is 6.04 Å². The average molecular weight is 412 g/mol. The van der Waals surface area contributed by atoms with Gasteiger partial charge in [-0.25, -0.2) is 0 Å². The summed E-state index contributed by atoms with van der Waals surface area (Å²) in [7, 11) is 3.13. The van der Waals surface area contributed by atoms with E-state index in [2.05, 4.69) is 0 Å². The van der Waals surface area contributed by atoms with Crippen LogP contribution >= 0.6 is 0 Å². The minimum absolute atomic E-state index is 0.0414. The van der Waals surface area contributed by atoms with Crippen molar-refractivity contribution in [1.82, 2.24) is 9.80 Å². The topological polar surface area (TPSA) is 72.2 Å². The standard InChI is InChI=1S/C23H28N2O5/c1-28-19-11-10-16(13-20(19)29-2)22-23(27)24(17-7-4-3-5-8-17)15-21(26)25(22)14-18-9-6-12-30-18/h6,9-13,17,22H,3-5,7-8,14-15H2,1-2H3. The Kier molecular flexibility index (Phi) is 5.97. The molecule has 0 radical (unpaired) electrons. The lowest BCUT2D eigenvalue weighted by Crippen LogP contribution is -2.58. The quantitative estimate of drug-likeness (QED) is 0.726. The zero-order valence-corrected chi connectivity index (χ0v) is 17.5. The Morgan fingerprint density at radius 2 is 1.80 bits per heavy atom. The van der Waals surface area contributed by atoms with Crippen LogP contribution in [0, 0.1) is 0 Å². The Balaban J connectivity index is 1.71. The number of piperazine rings is 1. The van der Waals surface area contributed by atoms with Crippen molar-refractivity contribution in [3.05, 3.63) is 47.9 Å². The van der Waals surface area contributed by atoms with Crippen LogP contribution in [0.3, 0.4) is 0 Å². The second kappa shape index (κ2) is 8.81. The van der Waals surface area contributed by atoms with Crippen LogP contribution in [0.2, 0.25) is 0 Å². The first-order valence-corrected chi connectivity index (χ1v) is 10.5. The highest BCUT2D eigenvalue weighted by Gasteiger charge is 2.43. The molecule has 2 fully saturated rings. The van der Waals surface area contributed by atoms with Crippen molar-refractivity contribution in [1.29, 1.82) is 0 Å². The Morgan fingerprint density at radius 1 is 1.03 bits per heavy atom. The first-order valence-electron chi connectivity index (χ1n) is 10.5. The number of ether oxygens (including phenoxy) is 2. The molecule has 0 spiro atoms. The molecule has 7 nitrogen and oxygen atoms in total. The van der Waals surface area contributed by atoms with Crippen molar-refractivity contribution in [3.8, 4) is 11.5 Å². The maximum absolute atomic E-state index is 13.7. The summed E-state index contributed by atoms with van der Waals surface area (Å²) >= 11 is 0. The van der Waals surface area contributed by atoms with Gasteiger partial charge in [0.15, 0.2) is 11.5 Å². The van der Waals surface area contributed by atoms with Crippen LogP contribution in [-0.4, -0.2) is 48.4 Å². The minimum atomic E-state index is -0.724. The maximum atomic E-state index is 13.7. The fraction of sp³-hybridized carbons (Fsp3) is 0.478. The molecule has 1 aliphatic heterocycles. The predicted octanol–water partition coefficient (Wildman–Crippen LogP) is 3.54. The van der Waals surface area contributed by atoms with Crippen LogP contribution < -0.4 is 9.47 Å². The van der Waals surface area contributed by atoms with E-state index in [0.717, 1.165) is 25.7 Å². The van der Waals surface area contributed by atoms with Gasteiger partial charge >= 0.3 is 0 Å². The Bertz CT molecular complexity index is 889. The molecule has 1 saturated carbocycles. The van der Waals surface area contributed by atoms with E-state index in [1.54, 1.807) is 48.5 Å². The van der Waals surface area contributed by atoms with Gasteiger partial charge in [0.05, 0.1) is 27.0 Å². The number of hydrogen-bond donors (Lipinski definition) is 0. The van der Waals surface area contributed by atoms with Crippen LogP contribution in [-0.2, 0) is 16.1 Å². The number of nitrogens with zero attached hydrogens (tertiary/aromatic N) is 2. The highest BCUT2D eigenvalue weighted by molar-refractivity contribution is 5.95. The van der Waals surface area contributed by atoms with Crippen LogP contribution in [0.15, 0.2) is 41.0 Å². The summed E-state index contributed by atoms with van der Waals surface area (Å²) in [6.45, 7) is 0.364. The summed E-state index contributed by atoms with van der Waals surface area (Å²) in [5, 5.41) is 0. The summed E-state index contributed by atoms with van der Waals surface area (Å²) in [6, 6.07) is 8.39. The lowest BCUT2D eigenvalue weighted by molar-refractivity contribution is -0.160. The summed E-state index contributed by atoms with van der Waals surface area (Å²) in [5.74, 6) is 1.64. The van der Waals surface area contributed by atoms with Crippen LogP contribution in [0.4, 0.5) is 0 Å². The molecule has 1 aromatic heterocycles. The number of hydrogen-bond acceptors (Lipinski definition) is 5. The fourth-order valence-corrected chi connectivity index (χ4v) is 4.55. The molecule has 1 saturated heterocycles. The maximum Gasteiger partial charge on any atom is 0.250 e. The lowest BCUT2D eigenvalue weighted by Gasteiger charge is -2.44. The smallest absolute Gasteiger partial charge is 0.250 e. The SMILES string of the molecule is COc1ccc(C2C(=O)N(C3CCCCC3)CC(=O)N2Cc2ccco2)cc1OC. The highest BCUT2D eigenvalue weighted by Crippen LogP contribution is 2.37. The summed E-state index contributed by atoms with van der Waals surface area (Å²) in [6.07, 6.45) is 6.87. The van der Waals surface area contributed by atoms with E-state index >= 15 is 0 Å². The molecule has 2 heterocycles. The molecule has 1 unspecified atom stereocenters. The molecular weight excluding hydrogens is 384 g/mol. The third kappa shape index (κ3) is 3.88. The van der Waals surface area contributed by atoms with E-state index in [1.165, 1.54) is 6.42 Å². The Hall–Kier alpha value is -2.96. The molecule has 2 aliphatic rings. The molecule has 1 atom stereocenters. The molecule has 30 heavy (non-hydrogen) atoms. The molecule has 7 heteroatoms. The van der Waals surface area contributed by atoms with Gasteiger partial charge in [0.2, 0.25) is 5.91 Å². The molecule has 0 N–H and O–H groups in total. The zero-order chi connectivity index (χ0) is 21.1. The second-order valence-corrected chi connectivity index (χ2v) is 7.88. The van der Waals surface area contributed by atoms with E-state index in [1.807, 2.05) is 12.1 Å². The lowest BCUT2D eigenvalue weighted by atomic mass is 9.91. The molecule has 4 rings (SSSR count). The third-order valence-corrected chi connectivity index (χ3v) is 6.10. The molecule has 1 aromatic carbocycles. The van der Waals surface area contributed by atoms with Gasteiger partial charge in [-0.1, -0.05) is 25.3 Å². The van der Waals surface area contributed by atoms with Crippen molar-refractivity contribution < 1.29 is 23.5 Å². The van der Waals surface area contributed by atoms with E-state index in [9.17, 15) is 9.59 Å². The van der Waals surface area contributed by atoms with Crippen molar-refractivity contribution in [2.45, 2.75) is 50.7 Å². The number of carbonyl (C=O) groups is 2. The van der Waals surface area contributed by atoms with Gasteiger partial charge in [-0.15, -0.1) is 0 Å². The number of benzene rings is 1. The molecule has 1 aliphatic carbocycles. The number of amides is 2. The molecular formula is C23H28N2O5. The van der Waals surface area contributed by atoms with Crippen LogP contribution in [0.25, 0.3) is 0 Å². The monoisotopic (exact) mass is 412 g/mol. The van der Waals surface area contributed by atoms with E-state index < -0.39 is 6.04 Å². The van der Waals surface area contributed by atoms with E-state index in [4.69, 9.17) is 13.9 Å². The molecule has 2 amide bonds. The number of furan rings is 1. The normalized spacial score (nSPS) is 20.5. The van der Waals surface area contributed by atoms with Crippen molar-refractivity contribution in [2.24, 2.45) is 0 Å². The van der Waals surface area contributed by atoms with Crippen LogP contribution in [0.1, 0.15) is 49.5 Å². The Morgan fingerprint density at radius 3 is 2.47 bits per heavy atom. The average Bonchev–Trinajstić information content (AvgIpc) is 3.29. The summed E-state index contributed by atoms with van der Waals surface area (Å²) in [4.78, 5) is 30.3. The third-order valence-electron chi connectivity index (χ3n) is 6.10. The van der Waals surface area contributed by atoms with Gasteiger partial charge in [0.1, 0.15) is 18.3 Å². The number of rotatable bonds is 6. The summed E-state index contributed by atoms with van der Waals surface area (Å²) in [5.41, 5.74) is 0.707. The first-order chi connectivity index (χ1) is 14.6. The molecule has 0 bridgehead atoms. The number of methoxy groups -OCH3 is 2. The van der Waals surface area contributed by atoms with Gasteiger partial charge < -0.3 is 23.7 Å². The molecule has 2 aromatic rings. The first kappa shape index (κ1) is 20.3. The van der Waals surface area contributed by atoms with E-state index in [0.29, 0.717) is 22.8 Å². The summed E-state index contributed by atoms with van der Waals surface area (Å²) < 4.78 is 16.2. The van der Waals surface area contributed by atoms with Gasteiger partial charge in [0.25, 0.3) is 5.91 Å². The minimum Gasteiger partial charge on any atom is -0.493 e.